The zero-order valence-corrected chi connectivity index (χ0v) is 14.9. The van der Waals surface area contributed by atoms with Gasteiger partial charge < -0.3 is 26.6 Å². The predicted octanol–water partition coefficient (Wildman–Crippen LogP) is 1.77. The molecule has 0 aromatic heterocycles. The molecule has 0 saturated heterocycles. The van der Waals surface area contributed by atoms with Crippen LogP contribution in [0.3, 0.4) is 0 Å². The van der Waals surface area contributed by atoms with E-state index in [1.54, 1.807) is 42.7 Å². The van der Waals surface area contributed by atoms with Crippen molar-refractivity contribution in [2.24, 2.45) is 0 Å². The van der Waals surface area contributed by atoms with E-state index in [1.165, 1.54) is 0 Å². The molecule has 8 heteroatoms. The van der Waals surface area contributed by atoms with Gasteiger partial charge >= 0.3 is 17.6 Å². The van der Waals surface area contributed by atoms with Crippen LogP contribution in [0, 0.1) is 0 Å². The molecule has 0 aliphatic heterocycles. The van der Waals surface area contributed by atoms with Gasteiger partial charge in [0.1, 0.15) is 0 Å². The Balaban J connectivity index is 0. The second-order valence-corrected chi connectivity index (χ2v) is 9.27. The van der Waals surface area contributed by atoms with E-state index < -0.39 is 17.6 Å². The Bertz CT molecular complexity index is 149. The Morgan fingerprint density at radius 1 is 0.500 bits per heavy atom. The molecule has 18 heavy (non-hydrogen) atoms. The Kier molecular flexibility index (Phi) is 12.6. The van der Waals surface area contributed by atoms with Gasteiger partial charge in [0, 0.05) is 54.7 Å². The third-order valence-electron chi connectivity index (χ3n) is 2.60. The lowest BCUT2D eigenvalue weighted by Gasteiger charge is -2.29. The van der Waals surface area contributed by atoms with Gasteiger partial charge in [0.15, 0.2) is 0 Å². The van der Waals surface area contributed by atoms with Crippen LogP contribution in [0.4, 0.5) is 0 Å². The van der Waals surface area contributed by atoms with Crippen molar-refractivity contribution in [1.29, 1.82) is 0 Å². The van der Waals surface area contributed by atoms with Gasteiger partial charge in [-0.15, -0.1) is 0 Å². The van der Waals surface area contributed by atoms with Crippen molar-refractivity contribution in [3.05, 3.63) is 0 Å². The monoisotopic (exact) mass is 300 g/mol. The average Bonchev–Trinajstić information content (AvgIpc) is 2.48. The molecule has 0 aliphatic rings. The van der Waals surface area contributed by atoms with Crippen molar-refractivity contribution in [3.63, 3.8) is 0 Å². The van der Waals surface area contributed by atoms with E-state index >= 15 is 0 Å². The van der Waals surface area contributed by atoms with Crippen molar-refractivity contribution >= 4 is 17.6 Å². The third kappa shape index (κ3) is 5.89. The Morgan fingerprint density at radius 3 is 0.778 bits per heavy atom. The summed E-state index contributed by atoms with van der Waals surface area (Å²) in [5.41, 5.74) is 0. The first-order valence-corrected chi connectivity index (χ1v) is 9.75. The molecule has 112 valence electrons. The molecule has 0 atom stereocenters. The summed E-state index contributed by atoms with van der Waals surface area (Å²) in [6, 6.07) is 1.19. The highest BCUT2D eigenvalue weighted by atomic mass is 28.4. The van der Waals surface area contributed by atoms with Crippen molar-refractivity contribution in [3.8, 4) is 0 Å². The third-order valence-corrected chi connectivity index (χ3v) is 8.56. The maximum absolute atomic E-state index is 5.32. The van der Waals surface area contributed by atoms with E-state index in [0.717, 1.165) is 0 Å². The quantitative estimate of drug-likeness (QED) is 0.605. The van der Waals surface area contributed by atoms with Crippen LogP contribution in [0.5, 0.6) is 0 Å². The maximum Gasteiger partial charge on any atom is 0.500 e. The summed E-state index contributed by atoms with van der Waals surface area (Å²) in [6.07, 6.45) is 0. The summed E-state index contributed by atoms with van der Waals surface area (Å²) in [4.78, 5) is 0. The highest BCUT2D eigenvalue weighted by molar-refractivity contribution is 6.66. The van der Waals surface area contributed by atoms with Gasteiger partial charge in [-0.2, -0.15) is 0 Å². The highest BCUT2D eigenvalue weighted by Gasteiger charge is 2.45. The SMILES string of the molecule is CC.CO[Si](CC[Si](OC)(OC)OC)(OC)OC. The van der Waals surface area contributed by atoms with E-state index in [9.17, 15) is 0 Å². The second-order valence-electron chi connectivity index (χ2n) is 3.09. The summed E-state index contributed by atoms with van der Waals surface area (Å²) in [5.74, 6) is 0. The minimum absolute atomic E-state index is 0.595. The minimum atomic E-state index is -2.58. The topological polar surface area (TPSA) is 55.4 Å². The Labute approximate surface area is 113 Å². The van der Waals surface area contributed by atoms with E-state index in [-0.39, 0.29) is 0 Å². The molecule has 0 aromatic carbocycles. The van der Waals surface area contributed by atoms with Crippen LogP contribution in [0.25, 0.3) is 0 Å². The molecule has 0 amide bonds. The normalized spacial score (nSPS) is 12.0. The minimum Gasteiger partial charge on any atom is -0.377 e. The molecule has 0 unspecified atom stereocenters. The van der Waals surface area contributed by atoms with E-state index in [1.807, 2.05) is 13.8 Å². The molecule has 0 aromatic rings. The lowest BCUT2D eigenvalue weighted by atomic mass is 11.0. The molecule has 0 rings (SSSR count). The van der Waals surface area contributed by atoms with Gasteiger partial charge in [0.25, 0.3) is 0 Å². The van der Waals surface area contributed by atoms with Crippen molar-refractivity contribution in [2.45, 2.75) is 25.9 Å². The van der Waals surface area contributed by atoms with Crippen molar-refractivity contribution in [2.75, 3.05) is 42.7 Å². The molecule has 6 nitrogen and oxygen atoms in total. The van der Waals surface area contributed by atoms with Crippen LogP contribution in [0.15, 0.2) is 0 Å². The molecule has 0 heterocycles. The number of hydrogen-bond donors (Lipinski definition) is 0. The fraction of sp³-hybridized carbons (Fsp3) is 1.00. The van der Waals surface area contributed by atoms with Gasteiger partial charge in [-0.05, 0) is 0 Å². The summed E-state index contributed by atoms with van der Waals surface area (Å²) in [6.45, 7) is 4.00. The molecule has 0 aliphatic carbocycles. The number of hydrogen-bond acceptors (Lipinski definition) is 6. The molecule has 0 saturated carbocycles. The molecular weight excluding hydrogens is 272 g/mol. The first-order valence-electron chi connectivity index (χ1n) is 5.88. The van der Waals surface area contributed by atoms with E-state index in [0.29, 0.717) is 12.1 Å². The van der Waals surface area contributed by atoms with Gasteiger partial charge in [-0.3, -0.25) is 0 Å². The zero-order valence-electron chi connectivity index (χ0n) is 12.9. The average molecular weight is 300 g/mol. The van der Waals surface area contributed by atoms with Crippen LogP contribution in [-0.4, -0.2) is 60.3 Å². The van der Waals surface area contributed by atoms with Crippen molar-refractivity contribution in [1.82, 2.24) is 0 Å². The first kappa shape index (κ1) is 20.5. The van der Waals surface area contributed by atoms with Crippen LogP contribution in [-0.2, 0) is 26.6 Å². The predicted molar refractivity (Wildman–Crippen MR) is 74.5 cm³/mol. The van der Waals surface area contributed by atoms with E-state index in [4.69, 9.17) is 26.6 Å². The van der Waals surface area contributed by atoms with Gasteiger partial charge in [0.2, 0.25) is 0 Å². The molecular formula is C10H28O6Si2. The fourth-order valence-electron chi connectivity index (χ4n) is 1.42. The summed E-state index contributed by atoms with van der Waals surface area (Å²) in [5, 5.41) is 0. The Hall–Kier alpha value is 0.194. The summed E-state index contributed by atoms with van der Waals surface area (Å²) < 4.78 is 31.9. The Morgan fingerprint density at radius 2 is 0.667 bits per heavy atom. The summed E-state index contributed by atoms with van der Waals surface area (Å²) >= 11 is 0. The van der Waals surface area contributed by atoms with Gasteiger partial charge in [-0.1, -0.05) is 13.8 Å². The lowest BCUT2D eigenvalue weighted by Crippen LogP contribution is -2.48. The van der Waals surface area contributed by atoms with Gasteiger partial charge in [0.05, 0.1) is 0 Å². The molecule has 0 spiro atoms. The lowest BCUT2D eigenvalue weighted by molar-refractivity contribution is 0.109. The standard InChI is InChI=1S/C8H22O6Si2.C2H6/c1-9-15(10-2,11-3)7-8-16(12-4,13-5)14-6;1-2/h7-8H2,1-6H3;1-2H3. The number of rotatable bonds is 9. The van der Waals surface area contributed by atoms with Crippen LogP contribution in [0.2, 0.25) is 12.1 Å². The smallest absolute Gasteiger partial charge is 0.377 e. The van der Waals surface area contributed by atoms with Crippen LogP contribution >= 0.6 is 0 Å². The largest absolute Gasteiger partial charge is 0.500 e. The fourth-order valence-corrected chi connectivity index (χ4v) is 6.09. The molecule has 0 fully saturated rings. The van der Waals surface area contributed by atoms with Crippen molar-refractivity contribution < 1.29 is 26.6 Å². The summed E-state index contributed by atoms with van der Waals surface area (Å²) in [7, 11) is 4.31. The van der Waals surface area contributed by atoms with Gasteiger partial charge in [-0.25, -0.2) is 0 Å². The van der Waals surface area contributed by atoms with Crippen LogP contribution in [0.1, 0.15) is 13.8 Å². The molecule has 0 N–H and O–H groups in total. The van der Waals surface area contributed by atoms with Crippen LogP contribution < -0.4 is 0 Å². The molecule has 0 radical (unpaired) electrons. The second kappa shape index (κ2) is 11.1. The zero-order chi connectivity index (χ0) is 14.7. The maximum atomic E-state index is 5.32. The molecule has 0 bridgehead atoms. The van der Waals surface area contributed by atoms with E-state index in [2.05, 4.69) is 0 Å². The first-order chi connectivity index (χ1) is 8.57. The highest BCUT2D eigenvalue weighted by Crippen LogP contribution is 2.23.